The van der Waals surface area contributed by atoms with E-state index in [2.05, 4.69) is 0 Å². The lowest BCUT2D eigenvalue weighted by molar-refractivity contribution is -0.207. The third-order valence-corrected chi connectivity index (χ3v) is 6.62. The van der Waals surface area contributed by atoms with Gasteiger partial charge in [-0.25, -0.2) is 0 Å². The van der Waals surface area contributed by atoms with E-state index in [0.717, 1.165) is 6.42 Å². The molecule has 0 radical (unpaired) electrons. The quantitative estimate of drug-likeness (QED) is 0.824. The monoisotopic (exact) mass is 376 g/mol. The first-order valence-corrected chi connectivity index (χ1v) is 9.92. The topological polar surface area (TPSA) is 106 Å². The zero-order chi connectivity index (χ0) is 19.2. The first kappa shape index (κ1) is 18.7. The molecule has 7 heteroatoms. The molecule has 0 unspecified atom stereocenters. The van der Waals surface area contributed by atoms with Crippen molar-refractivity contribution in [2.75, 3.05) is 26.2 Å². The van der Waals surface area contributed by atoms with Crippen molar-refractivity contribution < 1.29 is 23.8 Å². The fourth-order valence-corrected chi connectivity index (χ4v) is 4.98. The maximum absolute atomic E-state index is 13.2. The number of aliphatic hydroxyl groups is 1. The highest BCUT2D eigenvalue weighted by atomic mass is 16.5. The Morgan fingerprint density at radius 2 is 2.11 bits per heavy atom. The molecule has 0 aromatic carbocycles. The number of hydrogen-bond acceptors (Lipinski definition) is 6. The van der Waals surface area contributed by atoms with Crippen molar-refractivity contribution in [2.45, 2.75) is 57.7 Å². The fraction of sp³-hybridized carbons (Fsp3) is 0.700. The zero-order valence-corrected chi connectivity index (χ0v) is 15.8. The van der Waals surface area contributed by atoms with Crippen LogP contribution < -0.4 is 5.73 Å². The first-order chi connectivity index (χ1) is 13.0. The number of furan rings is 1. The van der Waals surface area contributed by atoms with Crippen LogP contribution in [0, 0.1) is 12.3 Å². The molecular weight excluding hydrogens is 348 g/mol. The minimum atomic E-state index is -0.387. The Balaban J connectivity index is 1.49. The number of ketones is 1. The molecular formula is C20H28N2O5. The number of aliphatic hydroxyl groups excluding tert-OH is 1. The lowest BCUT2D eigenvalue weighted by Crippen LogP contribution is -2.63. The number of nitrogens with zero attached hydrogens (tertiary/aromatic N) is 1. The van der Waals surface area contributed by atoms with Gasteiger partial charge in [0.2, 0.25) is 0 Å². The van der Waals surface area contributed by atoms with Crippen molar-refractivity contribution >= 4 is 11.7 Å². The van der Waals surface area contributed by atoms with Crippen LogP contribution in [0.3, 0.4) is 0 Å². The largest absolute Gasteiger partial charge is 0.465 e. The number of amides is 1. The maximum Gasteiger partial charge on any atom is 0.258 e. The van der Waals surface area contributed by atoms with Crippen LogP contribution >= 0.6 is 0 Å². The number of likely N-dealkylation sites (tertiary alicyclic amines) is 1. The van der Waals surface area contributed by atoms with Gasteiger partial charge in [0.1, 0.15) is 11.5 Å². The number of nitrogens with two attached hydrogens (primary N) is 1. The van der Waals surface area contributed by atoms with Crippen molar-refractivity contribution in [1.82, 2.24) is 4.90 Å². The Kier molecular flexibility index (Phi) is 4.86. The molecule has 1 saturated carbocycles. The van der Waals surface area contributed by atoms with Gasteiger partial charge in [0.25, 0.3) is 5.91 Å². The van der Waals surface area contributed by atoms with Gasteiger partial charge in [-0.1, -0.05) is 0 Å². The van der Waals surface area contributed by atoms with E-state index in [4.69, 9.17) is 14.9 Å². The summed E-state index contributed by atoms with van der Waals surface area (Å²) < 4.78 is 11.5. The molecule has 2 aliphatic carbocycles. The summed E-state index contributed by atoms with van der Waals surface area (Å²) >= 11 is 0. The number of hydrogen-bond donors (Lipinski definition) is 2. The minimum Gasteiger partial charge on any atom is -0.465 e. The molecule has 1 aliphatic heterocycles. The minimum absolute atomic E-state index is 0.00888. The fourth-order valence-electron chi connectivity index (χ4n) is 4.98. The molecule has 7 nitrogen and oxygen atoms in total. The molecule has 1 saturated heterocycles. The van der Waals surface area contributed by atoms with Crippen molar-refractivity contribution in [1.29, 1.82) is 0 Å². The molecule has 2 fully saturated rings. The molecule has 1 spiro atoms. The van der Waals surface area contributed by atoms with Crippen LogP contribution in [0.25, 0.3) is 0 Å². The van der Waals surface area contributed by atoms with Crippen molar-refractivity contribution in [3.63, 3.8) is 0 Å². The number of aryl methyl sites for hydroxylation is 2. The van der Waals surface area contributed by atoms with Crippen molar-refractivity contribution in [3.05, 3.63) is 22.6 Å². The molecule has 0 bridgehead atoms. The van der Waals surface area contributed by atoms with Crippen LogP contribution in [0.5, 0.6) is 0 Å². The highest BCUT2D eigenvalue weighted by Crippen LogP contribution is 2.51. The average molecular weight is 376 g/mol. The van der Waals surface area contributed by atoms with Gasteiger partial charge < -0.3 is 24.9 Å². The molecule has 2 atom stereocenters. The third kappa shape index (κ3) is 2.92. The van der Waals surface area contributed by atoms with E-state index in [1.54, 1.807) is 11.8 Å². The van der Waals surface area contributed by atoms with Gasteiger partial charge in [0.05, 0.1) is 29.9 Å². The first-order valence-electron chi connectivity index (χ1n) is 9.92. The molecule has 4 rings (SSSR count). The van der Waals surface area contributed by atoms with Gasteiger partial charge in [0, 0.05) is 44.3 Å². The molecule has 148 valence electrons. The number of fused-ring (bicyclic) bond motifs is 1. The van der Waals surface area contributed by atoms with Crippen molar-refractivity contribution in [3.8, 4) is 0 Å². The normalized spacial score (nSPS) is 26.8. The Morgan fingerprint density at radius 3 is 2.78 bits per heavy atom. The van der Waals surface area contributed by atoms with E-state index in [1.807, 2.05) is 0 Å². The molecule has 27 heavy (non-hydrogen) atoms. The number of carbonyl (C=O) groups is 2. The molecule has 3 N–H and O–H groups in total. The predicted molar refractivity (Wildman–Crippen MR) is 97.7 cm³/mol. The van der Waals surface area contributed by atoms with E-state index < -0.39 is 0 Å². The van der Waals surface area contributed by atoms with E-state index in [-0.39, 0.29) is 29.3 Å². The highest BCUT2D eigenvalue weighted by molar-refractivity contribution is 6.10. The summed E-state index contributed by atoms with van der Waals surface area (Å²) in [7, 11) is 0. The summed E-state index contributed by atoms with van der Waals surface area (Å²) in [6, 6.07) is 0. The molecule has 1 aromatic rings. The third-order valence-electron chi connectivity index (χ3n) is 6.62. The SMILES string of the molecule is Cc1oc2c(c1C(=O)N1CCC3(CC1)[C@H](O)C[C@@H]3OCCN)C(=O)CCC2. The molecule has 1 aromatic heterocycles. The number of ether oxygens (including phenoxy) is 1. The van der Waals surface area contributed by atoms with Gasteiger partial charge in [-0.05, 0) is 26.2 Å². The van der Waals surface area contributed by atoms with E-state index >= 15 is 0 Å². The smallest absolute Gasteiger partial charge is 0.258 e. The maximum atomic E-state index is 13.2. The lowest BCUT2D eigenvalue weighted by atomic mass is 9.58. The standard InChI is InChI=1S/C20H28N2O5/c1-12-17(18-13(23)3-2-4-14(18)27-12)19(25)22-8-5-20(6-9-22)15(24)11-16(20)26-10-7-21/h15-16,24H,2-11,21H2,1H3/t15-,16+/m1/s1. The molecule has 3 aliphatic rings. The number of piperidine rings is 1. The number of rotatable bonds is 4. The van der Waals surface area contributed by atoms with Crippen LogP contribution in [-0.2, 0) is 11.2 Å². The van der Waals surface area contributed by atoms with Crippen LogP contribution in [0.4, 0.5) is 0 Å². The summed E-state index contributed by atoms with van der Waals surface area (Å²) in [6.07, 6.45) is 3.62. The predicted octanol–water partition coefficient (Wildman–Crippen LogP) is 1.44. The molecule has 1 amide bonds. The highest BCUT2D eigenvalue weighted by Gasteiger charge is 2.56. The van der Waals surface area contributed by atoms with Gasteiger partial charge in [0.15, 0.2) is 5.78 Å². The van der Waals surface area contributed by atoms with Gasteiger partial charge in [-0.15, -0.1) is 0 Å². The number of carbonyl (C=O) groups excluding carboxylic acids is 2. The average Bonchev–Trinajstić information content (AvgIpc) is 3.01. The van der Waals surface area contributed by atoms with E-state index in [1.165, 1.54) is 0 Å². The number of Topliss-reactive ketones (excluding diaryl/α,β-unsaturated/α-hetero) is 1. The Hall–Kier alpha value is -1.70. The van der Waals surface area contributed by atoms with Gasteiger partial charge in [-0.2, -0.15) is 0 Å². The van der Waals surface area contributed by atoms with Crippen molar-refractivity contribution in [2.24, 2.45) is 11.1 Å². The second kappa shape index (κ2) is 7.04. The molecule has 2 heterocycles. The van der Waals surface area contributed by atoms with E-state index in [9.17, 15) is 14.7 Å². The van der Waals surface area contributed by atoms with Crippen LogP contribution in [0.2, 0.25) is 0 Å². The summed E-state index contributed by atoms with van der Waals surface area (Å²) in [5.41, 5.74) is 6.19. The van der Waals surface area contributed by atoms with Gasteiger partial charge >= 0.3 is 0 Å². The lowest BCUT2D eigenvalue weighted by Gasteiger charge is -2.56. The summed E-state index contributed by atoms with van der Waals surface area (Å²) in [5, 5.41) is 10.4. The zero-order valence-electron chi connectivity index (χ0n) is 15.8. The second-order valence-electron chi connectivity index (χ2n) is 8.03. The van der Waals surface area contributed by atoms with Crippen LogP contribution in [0.1, 0.15) is 64.3 Å². The Bertz CT molecular complexity index is 748. The second-order valence-corrected chi connectivity index (χ2v) is 8.03. The Labute approximate surface area is 158 Å². The Morgan fingerprint density at radius 1 is 1.37 bits per heavy atom. The van der Waals surface area contributed by atoms with Crippen LogP contribution in [0.15, 0.2) is 4.42 Å². The van der Waals surface area contributed by atoms with E-state index in [0.29, 0.717) is 81.0 Å². The summed E-state index contributed by atoms with van der Waals surface area (Å²) in [6.45, 7) is 3.81. The summed E-state index contributed by atoms with van der Waals surface area (Å²) in [4.78, 5) is 27.3. The summed E-state index contributed by atoms with van der Waals surface area (Å²) in [5.74, 6) is 1.07. The van der Waals surface area contributed by atoms with Crippen LogP contribution in [-0.4, -0.2) is 60.1 Å². The van der Waals surface area contributed by atoms with Gasteiger partial charge in [-0.3, -0.25) is 9.59 Å².